The number of nitrogens with two attached hydrogens (primary N) is 1. The highest BCUT2D eigenvalue weighted by molar-refractivity contribution is 5.70. The number of aromatic nitrogens is 4. The number of fused-ring (bicyclic) bond motifs is 1. The Labute approximate surface area is 102 Å². The Kier molecular flexibility index (Phi) is 3.58. The van der Waals surface area contributed by atoms with Crippen molar-refractivity contribution in [1.82, 2.24) is 19.5 Å². The standard InChI is InChI=1S/C10H15N5O3/c11-10-13-8-7(9(18)14-10)12-5-15(8)3-6(4-17)1-2-16/h5-6,16-17H,1-4H2,(H3,11,13,14,18)/t6-/m0/s1. The van der Waals surface area contributed by atoms with Crippen LogP contribution in [0.5, 0.6) is 0 Å². The van der Waals surface area contributed by atoms with Crippen molar-refractivity contribution < 1.29 is 10.2 Å². The van der Waals surface area contributed by atoms with E-state index >= 15 is 0 Å². The van der Waals surface area contributed by atoms with Crippen molar-refractivity contribution in [1.29, 1.82) is 0 Å². The molecule has 98 valence electrons. The molecule has 5 N–H and O–H groups in total. The molecule has 0 aliphatic carbocycles. The number of aliphatic hydroxyl groups excluding tert-OH is 2. The summed E-state index contributed by atoms with van der Waals surface area (Å²) in [5.74, 6) is -0.0910. The van der Waals surface area contributed by atoms with E-state index in [4.69, 9.17) is 10.8 Å². The van der Waals surface area contributed by atoms with Crippen molar-refractivity contribution in [2.24, 2.45) is 5.92 Å². The number of nitrogens with one attached hydrogen (secondary N) is 1. The first kappa shape index (κ1) is 12.5. The zero-order valence-corrected chi connectivity index (χ0v) is 9.70. The van der Waals surface area contributed by atoms with E-state index in [2.05, 4.69) is 15.0 Å². The molecular weight excluding hydrogens is 238 g/mol. The summed E-state index contributed by atoms with van der Waals surface area (Å²) < 4.78 is 1.65. The van der Waals surface area contributed by atoms with Crippen molar-refractivity contribution >= 4 is 17.1 Å². The monoisotopic (exact) mass is 253 g/mol. The number of imidazole rings is 1. The molecule has 0 bridgehead atoms. The molecule has 18 heavy (non-hydrogen) atoms. The average molecular weight is 253 g/mol. The van der Waals surface area contributed by atoms with Gasteiger partial charge in [0.05, 0.1) is 6.33 Å². The van der Waals surface area contributed by atoms with Gasteiger partial charge in [-0.15, -0.1) is 0 Å². The largest absolute Gasteiger partial charge is 0.396 e. The van der Waals surface area contributed by atoms with Crippen LogP contribution >= 0.6 is 0 Å². The van der Waals surface area contributed by atoms with Crippen LogP contribution in [0.1, 0.15) is 6.42 Å². The lowest BCUT2D eigenvalue weighted by atomic mass is 10.1. The molecule has 0 spiro atoms. The third-order valence-corrected chi connectivity index (χ3v) is 2.74. The second kappa shape index (κ2) is 5.15. The molecule has 1 atom stereocenters. The molecular formula is C10H15N5O3. The summed E-state index contributed by atoms with van der Waals surface area (Å²) in [6.07, 6.45) is 1.95. The maximum Gasteiger partial charge on any atom is 0.280 e. The van der Waals surface area contributed by atoms with Crippen molar-refractivity contribution in [3.8, 4) is 0 Å². The molecule has 2 rings (SSSR count). The number of aliphatic hydroxyl groups is 2. The minimum absolute atomic E-state index is 0.00595. The molecule has 0 aliphatic heterocycles. The van der Waals surface area contributed by atoms with Gasteiger partial charge >= 0.3 is 0 Å². The van der Waals surface area contributed by atoms with E-state index in [1.54, 1.807) is 4.57 Å². The van der Waals surface area contributed by atoms with Crippen LogP contribution in [-0.4, -0.2) is 42.9 Å². The summed E-state index contributed by atoms with van der Waals surface area (Å²) in [7, 11) is 0. The first-order valence-electron chi connectivity index (χ1n) is 5.58. The van der Waals surface area contributed by atoms with E-state index in [1.807, 2.05) is 0 Å². The molecule has 0 saturated carbocycles. The molecule has 0 unspecified atom stereocenters. The topological polar surface area (TPSA) is 130 Å². The summed E-state index contributed by atoms with van der Waals surface area (Å²) in [6, 6.07) is 0. The van der Waals surface area contributed by atoms with Crippen molar-refractivity contribution in [2.45, 2.75) is 13.0 Å². The van der Waals surface area contributed by atoms with Crippen LogP contribution < -0.4 is 11.3 Å². The van der Waals surface area contributed by atoms with E-state index in [1.165, 1.54) is 6.33 Å². The zero-order valence-electron chi connectivity index (χ0n) is 9.70. The molecule has 0 aliphatic rings. The van der Waals surface area contributed by atoms with Gasteiger partial charge in [-0.05, 0) is 6.42 Å². The quantitative estimate of drug-likeness (QED) is 0.523. The number of nitrogens with zero attached hydrogens (tertiary/aromatic N) is 3. The summed E-state index contributed by atoms with van der Waals surface area (Å²) in [6.45, 7) is 0.358. The summed E-state index contributed by atoms with van der Waals surface area (Å²) in [5, 5.41) is 18.1. The number of hydrogen-bond acceptors (Lipinski definition) is 6. The van der Waals surface area contributed by atoms with Gasteiger partial charge in [0, 0.05) is 25.7 Å². The van der Waals surface area contributed by atoms with Crippen LogP contribution in [0.4, 0.5) is 5.95 Å². The van der Waals surface area contributed by atoms with E-state index in [-0.39, 0.29) is 36.2 Å². The van der Waals surface area contributed by atoms with Crippen LogP contribution in [0.2, 0.25) is 0 Å². The lowest BCUT2D eigenvalue weighted by molar-refractivity contribution is 0.171. The molecule has 2 aromatic heterocycles. The van der Waals surface area contributed by atoms with Gasteiger partial charge in [0.15, 0.2) is 11.2 Å². The third kappa shape index (κ3) is 2.34. The van der Waals surface area contributed by atoms with Gasteiger partial charge in [-0.25, -0.2) is 4.98 Å². The minimum atomic E-state index is -0.390. The highest BCUT2D eigenvalue weighted by Gasteiger charge is 2.13. The number of anilines is 1. The van der Waals surface area contributed by atoms with Crippen molar-refractivity contribution in [2.75, 3.05) is 18.9 Å². The summed E-state index contributed by atoms with van der Waals surface area (Å²) in [4.78, 5) is 21.9. The van der Waals surface area contributed by atoms with Gasteiger partial charge in [-0.3, -0.25) is 9.78 Å². The highest BCUT2D eigenvalue weighted by atomic mass is 16.3. The van der Waals surface area contributed by atoms with E-state index in [0.717, 1.165) is 0 Å². The van der Waals surface area contributed by atoms with E-state index in [9.17, 15) is 9.90 Å². The first-order chi connectivity index (χ1) is 8.65. The number of H-pyrrole nitrogens is 1. The van der Waals surface area contributed by atoms with Gasteiger partial charge in [0.25, 0.3) is 5.56 Å². The average Bonchev–Trinajstić information content (AvgIpc) is 2.72. The number of aromatic amines is 1. The molecule has 2 aromatic rings. The van der Waals surface area contributed by atoms with Gasteiger partial charge in [0.2, 0.25) is 5.95 Å². The smallest absolute Gasteiger partial charge is 0.280 e. The number of nitrogen functional groups attached to an aromatic ring is 1. The van der Waals surface area contributed by atoms with Crippen LogP contribution in [-0.2, 0) is 6.54 Å². The van der Waals surface area contributed by atoms with E-state index in [0.29, 0.717) is 18.6 Å². The van der Waals surface area contributed by atoms with Crippen molar-refractivity contribution in [3.63, 3.8) is 0 Å². The lowest BCUT2D eigenvalue weighted by Crippen LogP contribution is -2.17. The van der Waals surface area contributed by atoms with Gasteiger partial charge in [0.1, 0.15) is 0 Å². The lowest BCUT2D eigenvalue weighted by Gasteiger charge is -2.13. The zero-order chi connectivity index (χ0) is 13.1. The summed E-state index contributed by atoms with van der Waals surface area (Å²) >= 11 is 0. The molecule has 0 amide bonds. The predicted octanol–water partition coefficient (Wildman–Crippen LogP) is -1.31. The third-order valence-electron chi connectivity index (χ3n) is 2.74. The fraction of sp³-hybridized carbons (Fsp3) is 0.500. The Hall–Kier alpha value is -1.93. The predicted molar refractivity (Wildman–Crippen MR) is 64.8 cm³/mol. The maximum atomic E-state index is 11.6. The van der Waals surface area contributed by atoms with Crippen LogP contribution in [0.3, 0.4) is 0 Å². The molecule has 8 heteroatoms. The van der Waals surface area contributed by atoms with Crippen LogP contribution in [0, 0.1) is 5.92 Å². The molecule has 2 heterocycles. The molecule has 0 aromatic carbocycles. The Morgan fingerprint density at radius 3 is 2.94 bits per heavy atom. The normalized spacial score (nSPS) is 13.0. The number of hydrogen-bond donors (Lipinski definition) is 4. The number of rotatable bonds is 5. The van der Waals surface area contributed by atoms with Crippen LogP contribution in [0.25, 0.3) is 11.2 Å². The fourth-order valence-electron chi connectivity index (χ4n) is 1.81. The second-order valence-electron chi connectivity index (χ2n) is 4.08. The highest BCUT2D eigenvalue weighted by Crippen LogP contribution is 2.11. The van der Waals surface area contributed by atoms with Crippen LogP contribution in [0.15, 0.2) is 11.1 Å². The Morgan fingerprint density at radius 2 is 2.28 bits per heavy atom. The minimum Gasteiger partial charge on any atom is -0.396 e. The maximum absolute atomic E-state index is 11.6. The van der Waals surface area contributed by atoms with Gasteiger partial charge < -0.3 is 20.5 Å². The Bertz CT molecular complexity index is 591. The van der Waals surface area contributed by atoms with Gasteiger partial charge in [-0.1, -0.05) is 0 Å². The Morgan fingerprint density at radius 1 is 1.50 bits per heavy atom. The molecule has 0 fully saturated rings. The first-order valence-corrected chi connectivity index (χ1v) is 5.58. The molecule has 8 nitrogen and oxygen atoms in total. The van der Waals surface area contributed by atoms with E-state index < -0.39 is 0 Å². The van der Waals surface area contributed by atoms with Gasteiger partial charge in [-0.2, -0.15) is 4.98 Å². The summed E-state index contributed by atoms with van der Waals surface area (Å²) in [5.41, 5.74) is 5.68. The fourth-order valence-corrected chi connectivity index (χ4v) is 1.81. The molecule has 0 saturated heterocycles. The second-order valence-corrected chi connectivity index (χ2v) is 4.08. The molecule has 0 radical (unpaired) electrons. The SMILES string of the molecule is Nc1nc2c(ncn2C[C@@H](CO)CCO)c(=O)[nH]1. The Balaban J connectivity index is 2.37. The van der Waals surface area contributed by atoms with Crippen molar-refractivity contribution in [3.05, 3.63) is 16.7 Å².